The predicted octanol–water partition coefficient (Wildman–Crippen LogP) is 3.25. The van der Waals surface area contributed by atoms with Gasteiger partial charge in [0.05, 0.1) is 10.5 Å². The second kappa shape index (κ2) is 4.50. The summed E-state index contributed by atoms with van der Waals surface area (Å²) in [6, 6.07) is 0. The molecule has 0 bridgehead atoms. The molecule has 0 saturated heterocycles. The SMILES string of the molecule is CC1(C)CC(=O)C2=C(C1)OC([N+](=O)[O-])C2C(Cl)(Cl)Cl. The topological polar surface area (TPSA) is 69.4 Å². The van der Waals surface area contributed by atoms with Crippen LogP contribution in [0.3, 0.4) is 0 Å². The lowest BCUT2D eigenvalue weighted by Crippen LogP contribution is -2.38. The van der Waals surface area contributed by atoms with E-state index in [1.165, 1.54) is 0 Å². The second-order valence-corrected chi connectivity index (χ2v) is 7.96. The van der Waals surface area contributed by atoms with E-state index in [1.807, 2.05) is 13.8 Å². The number of alkyl halides is 3. The van der Waals surface area contributed by atoms with Crippen LogP contribution in [0.5, 0.6) is 0 Å². The number of carbonyl (C=O) groups excluding carboxylic acids is 1. The molecule has 5 nitrogen and oxygen atoms in total. The van der Waals surface area contributed by atoms with Gasteiger partial charge in [0, 0.05) is 12.8 Å². The van der Waals surface area contributed by atoms with Gasteiger partial charge in [-0.3, -0.25) is 14.9 Å². The van der Waals surface area contributed by atoms with Gasteiger partial charge in [0.1, 0.15) is 11.7 Å². The Labute approximate surface area is 125 Å². The van der Waals surface area contributed by atoms with E-state index in [9.17, 15) is 14.9 Å². The van der Waals surface area contributed by atoms with Gasteiger partial charge in [-0.15, -0.1) is 0 Å². The van der Waals surface area contributed by atoms with Crippen molar-refractivity contribution < 1.29 is 14.5 Å². The zero-order chi connectivity index (χ0) is 14.6. The molecule has 8 heteroatoms. The van der Waals surface area contributed by atoms with Gasteiger partial charge in [-0.05, 0) is 5.41 Å². The molecule has 0 spiro atoms. The molecule has 0 N–H and O–H groups in total. The Morgan fingerprint density at radius 3 is 2.42 bits per heavy atom. The Kier molecular flexibility index (Phi) is 3.52. The molecule has 0 fully saturated rings. The van der Waals surface area contributed by atoms with Gasteiger partial charge < -0.3 is 4.74 Å². The molecule has 19 heavy (non-hydrogen) atoms. The molecule has 1 heterocycles. The summed E-state index contributed by atoms with van der Waals surface area (Å²) in [4.78, 5) is 22.6. The standard InChI is InChI=1S/C11H12Cl3NO4/c1-10(2)3-5(16)7-6(4-10)19-9(15(17)18)8(7)11(12,13)14/h8-9H,3-4H2,1-2H3. The maximum atomic E-state index is 12.2. The first-order valence-electron chi connectivity index (χ1n) is 5.66. The summed E-state index contributed by atoms with van der Waals surface area (Å²) in [7, 11) is 0. The van der Waals surface area contributed by atoms with Crippen LogP contribution >= 0.6 is 34.8 Å². The van der Waals surface area contributed by atoms with Gasteiger partial charge in [-0.1, -0.05) is 48.7 Å². The van der Waals surface area contributed by atoms with E-state index in [0.717, 1.165) is 0 Å². The van der Waals surface area contributed by atoms with E-state index in [-0.39, 0.29) is 23.2 Å². The average molecular weight is 329 g/mol. The summed E-state index contributed by atoms with van der Waals surface area (Å²) in [5, 5.41) is 11.0. The molecule has 1 aliphatic carbocycles. The van der Waals surface area contributed by atoms with E-state index in [2.05, 4.69) is 0 Å². The fourth-order valence-corrected chi connectivity index (χ4v) is 3.23. The first-order valence-corrected chi connectivity index (χ1v) is 6.79. The molecule has 1 aliphatic heterocycles. The number of hydrogen-bond acceptors (Lipinski definition) is 4. The number of nitro groups is 1. The van der Waals surface area contributed by atoms with Crippen molar-refractivity contribution >= 4 is 40.6 Å². The first kappa shape index (κ1) is 14.9. The lowest BCUT2D eigenvalue weighted by molar-refractivity contribution is -0.575. The normalized spacial score (nSPS) is 30.1. The number of ether oxygens (including phenoxy) is 1. The average Bonchev–Trinajstić information content (AvgIpc) is 2.54. The lowest BCUT2D eigenvalue weighted by atomic mass is 9.75. The Morgan fingerprint density at radius 1 is 1.37 bits per heavy atom. The van der Waals surface area contributed by atoms with E-state index in [0.29, 0.717) is 12.2 Å². The van der Waals surface area contributed by atoms with Crippen LogP contribution in [0, 0.1) is 21.4 Å². The smallest absolute Gasteiger partial charge is 0.364 e. The highest BCUT2D eigenvalue weighted by molar-refractivity contribution is 6.68. The van der Waals surface area contributed by atoms with Crippen LogP contribution < -0.4 is 0 Å². The molecular formula is C11H12Cl3NO4. The van der Waals surface area contributed by atoms with Crippen molar-refractivity contribution in [3.63, 3.8) is 0 Å². The van der Waals surface area contributed by atoms with Crippen molar-refractivity contribution in [2.45, 2.75) is 36.7 Å². The number of halogens is 3. The predicted molar refractivity (Wildman–Crippen MR) is 70.7 cm³/mol. The molecule has 2 aliphatic rings. The molecule has 0 saturated carbocycles. The summed E-state index contributed by atoms with van der Waals surface area (Å²) >= 11 is 17.4. The Morgan fingerprint density at radius 2 is 1.95 bits per heavy atom. The third kappa shape index (κ3) is 2.69. The summed E-state index contributed by atoms with van der Waals surface area (Å²) in [6.07, 6.45) is -0.831. The zero-order valence-corrected chi connectivity index (χ0v) is 12.6. The second-order valence-electron chi connectivity index (χ2n) is 5.59. The molecule has 0 amide bonds. The number of rotatable bonds is 1. The summed E-state index contributed by atoms with van der Waals surface area (Å²) in [5.74, 6) is -1.11. The maximum Gasteiger partial charge on any atom is 0.364 e. The number of Topliss-reactive ketones (excluding diaryl/α,β-unsaturated/α-hetero) is 1. The van der Waals surface area contributed by atoms with Crippen molar-refractivity contribution in [3.8, 4) is 0 Å². The quantitative estimate of drug-likeness (QED) is 0.421. The Bertz CT molecular complexity index is 481. The fraction of sp³-hybridized carbons (Fsp3) is 0.727. The highest BCUT2D eigenvalue weighted by Crippen LogP contribution is 2.52. The largest absolute Gasteiger partial charge is 0.433 e. The molecule has 0 aromatic rings. The molecule has 2 rings (SSSR count). The number of hydrogen-bond donors (Lipinski definition) is 0. The van der Waals surface area contributed by atoms with Crippen LogP contribution in [-0.2, 0) is 9.53 Å². The molecule has 0 aromatic heterocycles. The highest BCUT2D eigenvalue weighted by Gasteiger charge is 2.58. The summed E-state index contributed by atoms with van der Waals surface area (Å²) in [5.41, 5.74) is -0.138. The molecule has 2 unspecified atom stereocenters. The molecule has 0 radical (unpaired) electrons. The van der Waals surface area contributed by atoms with Crippen molar-refractivity contribution in [1.82, 2.24) is 0 Å². The van der Waals surface area contributed by atoms with E-state index in [1.54, 1.807) is 0 Å². The van der Waals surface area contributed by atoms with E-state index < -0.39 is 20.9 Å². The monoisotopic (exact) mass is 327 g/mol. The highest BCUT2D eigenvalue weighted by atomic mass is 35.6. The molecule has 2 atom stereocenters. The van der Waals surface area contributed by atoms with E-state index >= 15 is 0 Å². The van der Waals surface area contributed by atoms with Gasteiger partial charge >= 0.3 is 6.23 Å². The molecular weight excluding hydrogens is 316 g/mol. The summed E-state index contributed by atoms with van der Waals surface area (Å²) in [6.45, 7) is 3.78. The third-order valence-electron chi connectivity index (χ3n) is 3.30. The van der Waals surface area contributed by atoms with Gasteiger partial charge in [0.25, 0.3) is 0 Å². The van der Waals surface area contributed by atoms with Crippen molar-refractivity contribution in [2.75, 3.05) is 0 Å². The minimum atomic E-state index is -1.95. The first-order chi connectivity index (χ1) is 8.53. The van der Waals surface area contributed by atoms with Crippen LogP contribution in [0.2, 0.25) is 0 Å². The number of ketones is 1. The van der Waals surface area contributed by atoms with Crippen molar-refractivity contribution in [1.29, 1.82) is 0 Å². The third-order valence-corrected chi connectivity index (χ3v) is 4.00. The fourth-order valence-electron chi connectivity index (χ4n) is 2.58. The van der Waals surface area contributed by atoms with Gasteiger partial charge in [-0.2, -0.15) is 0 Å². The van der Waals surface area contributed by atoms with Crippen LogP contribution in [0.1, 0.15) is 26.7 Å². The summed E-state index contributed by atoms with van der Waals surface area (Å²) < 4.78 is 3.33. The number of carbonyl (C=O) groups is 1. The van der Waals surface area contributed by atoms with Gasteiger partial charge in [0.2, 0.25) is 3.79 Å². The van der Waals surface area contributed by atoms with Crippen molar-refractivity contribution in [3.05, 3.63) is 21.4 Å². The van der Waals surface area contributed by atoms with Crippen molar-refractivity contribution in [2.24, 2.45) is 11.3 Å². The Balaban J connectivity index is 2.47. The lowest BCUT2D eigenvalue weighted by Gasteiger charge is -2.29. The number of allylic oxidation sites excluding steroid dienone is 1. The minimum absolute atomic E-state index is 0.168. The van der Waals surface area contributed by atoms with Crippen LogP contribution in [0.15, 0.2) is 11.3 Å². The van der Waals surface area contributed by atoms with Crippen LogP contribution in [-0.4, -0.2) is 20.7 Å². The molecule has 0 aromatic carbocycles. The number of nitrogens with zero attached hydrogens (tertiary/aromatic N) is 1. The van der Waals surface area contributed by atoms with Crippen LogP contribution in [0.4, 0.5) is 0 Å². The van der Waals surface area contributed by atoms with Gasteiger partial charge in [-0.25, -0.2) is 0 Å². The maximum absolute atomic E-state index is 12.2. The minimum Gasteiger partial charge on any atom is -0.433 e. The Hall–Kier alpha value is -0.520. The molecule has 106 valence electrons. The van der Waals surface area contributed by atoms with Gasteiger partial charge in [0.15, 0.2) is 5.78 Å². The zero-order valence-electron chi connectivity index (χ0n) is 10.3. The van der Waals surface area contributed by atoms with E-state index in [4.69, 9.17) is 39.5 Å². The van der Waals surface area contributed by atoms with Crippen LogP contribution in [0.25, 0.3) is 0 Å².